The summed E-state index contributed by atoms with van der Waals surface area (Å²) in [5.41, 5.74) is 5.96. The third kappa shape index (κ3) is 7.86. The van der Waals surface area contributed by atoms with Crippen molar-refractivity contribution < 1.29 is 9.47 Å². The van der Waals surface area contributed by atoms with Gasteiger partial charge < -0.3 is 25.0 Å². The van der Waals surface area contributed by atoms with Gasteiger partial charge in [0.05, 0.1) is 28.0 Å². The smallest absolute Gasteiger partial charge is 0.230 e. The van der Waals surface area contributed by atoms with Crippen LogP contribution in [0.5, 0.6) is 0 Å². The molecule has 2 aromatic carbocycles. The van der Waals surface area contributed by atoms with Gasteiger partial charge in [0.25, 0.3) is 0 Å². The van der Waals surface area contributed by atoms with Gasteiger partial charge in [-0.15, -0.1) is 32.9 Å². The zero-order valence-electron chi connectivity index (χ0n) is 22.4. The van der Waals surface area contributed by atoms with E-state index in [-0.39, 0.29) is 0 Å². The van der Waals surface area contributed by atoms with Crippen LogP contribution >= 0.6 is 22.7 Å². The van der Waals surface area contributed by atoms with Crippen molar-refractivity contribution in [3.63, 3.8) is 0 Å². The van der Waals surface area contributed by atoms with Gasteiger partial charge in [0, 0.05) is 55.9 Å². The molecule has 3 heterocycles. The zero-order chi connectivity index (χ0) is 26.9. The van der Waals surface area contributed by atoms with E-state index in [0.717, 1.165) is 34.9 Å². The van der Waals surface area contributed by atoms with Gasteiger partial charge in [0.2, 0.25) is 5.13 Å². The fraction of sp³-hybridized carbons (Fsp3) is 0.345. The van der Waals surface area contributed by atoms with Crippen LogP contribution in [-0.2, 0) is 16.1 Å². The van der Waals surface area contributed by atoms with E-state index >= 15 is 0 Å². The van der Waals surface area contributed by atoms with Crippen LogP contribution in [0.25, 0.3) is 0 Å². The molecule has 2 N–H and O–H groups in total. The maximum Gasteiger partial charge on any atom is 0.230 e. The minimum atomic E-state index is 0.472. The number of nitrogens with zero attached hydrogens (tertiary/aromatic N) is 4. The first-order valence-corrected chi connectivity index (χ1v) is 14.9. The van der Waals surface area contributed by atoms with Crippen LogP contribution in [0, 0.1) is 6.92 Å². The third-order valence-corrected chi connectivity index (χ3v) is 8.16. The third-order valence-electron chi connectivity index (χ3n) is 6.33. The second-order valence-electron chi connectivity index (χ2n) is 9.38. The minimum absolute atomic E-state index is 0.472. The number of anilines is 5. The van der Waals surface area contributed by atoms with Gasteiger partial charge >= 0.3 is 0 Å². The first kappa shape index (κ1) is 27.3. The number of aromatic nitrogens is 1. The van der Waals surface area contributed by atoms with Gasteiger partial charge in [-0.3, -0.25) is 0 Å². The summed E-state index contributed by atoms with van der Waals surface area (Å²) in [7, 11) is 1.69. The van der Waals surface area contributed by atoms with Crippen LogP contribution in [0.1, 0.15) is 30.5 Å². The average molecular weight is 563 g/mol. The summed E-state index contributed by atoms with van der Waals surface area (Å²) < 4.78 is 10.6. The molecule has 4 aromatic rings. The highest BCUT2D eigenvalue weighted by Crippen LogP contribution is 2.35. The molecule has 1 fully saturated rings. The lowest BCUT2D eigenvalue weighted by molar-refractivity contribution is 0.0913. The van der Waals surface area contributed by atoms with Crippen molar-refractivity contribution >= 4 is 60.6 Å². The van der Waals surface area contributed by atoms with Crippen LogP contribution in [0.4, 0.5) is 37.9 Å². The SMILES string of the molecule is COCCCOCc1csc(N=Nc2ccc(Nc3ccc(Nc4ccc(N5CCCC5)s4)cc3C)cc2)n1. The number of hydrogen-bond donors (Lipinski definition) is 2. The van der Waals surface area contributed by atoms with Crippen molar-refractivity contribution in [2.45, 2.75) is 32.8 Å². The Morgan fingerprint density at radius 2 is 1.77 bits per heavy atom. The highest BCUT2D eigenvalue weighted by Gasteiger charge is 2.14. The van der Waals surface area contributed by atoms with E-state index in [9.17, 15) is 0 Å². The Labute approximate surface area is 237 Å². The Kier molecular flexibility index (Phi) is 9.55. The Morgan fingerprint density at radius 3 is 2.56 bits per heavy atom. The predicted octanol–water partition coefficient (Wildman–Crippen LogP) is 8.57. The fourth-order valence-electron chi connectivity index (χ4n) is 4.28. The molecule has 0 radical (unpaired) electrons. The lowest BCUT2D eigenvalue weighted by Crippen LogP contribution is -2.15. The summed E-state index contributed by atoms with van der Waals surface area (Å²) in [5, 5.41) is 20.8. The van der Waals surface area contributed by atoms with Crippen molar-refractivity contribution in [2.75, 3.05) is 48.9 Å². The summed E-state index contributed by atoms with van der Waals surface area (Å²) in [5.74, 6) is 0. The van der Waals surface area contributed by atoms with Crippen LogP contribution in [-0.4, -0.2) is 38.4 Å². The van der Waals surface area contributed by atoms with E-state index in [1.807, 2.05) is 41.0 Å². The number of nitrogens with one attached hydrogen (secondary N) is 2. The van der Waals surface area contributed by atoms with Crippen LogP contribution in [0.15, 0.2) is 70.2 Å². The quantitative estimate of drug-likeness (QED) is 0.125. The Morgan fingerprint density at radius 1 is 0.949 bits per heavy atom. The molecule has 0 saturated carbocycles. The van der Waals surface area contributed by atoms with E-state index < -0.39 is 0 Å². The zero-order valence-corrected chi connectivity index (χ0v) is 24.0. The highest BCUT2D eigenvalue weighted by atomic mass is 32.1. The topological polar surface area (TPSA) is 83.4 Å². The monoisotopic (exact) mass is 562 g/mol. The summed E-state index contributed by atoms with van der Waals surface area (Å²) in [4.78, 5) is 6.93. The largest absolute Gasteiger partial charge is 0.385 e. The lowest BCUT2D eigenvalue weighted by atomic mass is 10.1. The molecule has 0 aliphatic carbocycles. The van der Waals surface area contributed by atoms with Gasteiger partial charge in [0.1, 0.15) is 0 Å². The molecule has 8 nitrogen and oxygen atoms in total. The predicted molar refractivity (Wildman–Crippen MR) is 162 cm³/mol. The van der Waals surface area contributed by atoms with Gasteiger partial charge in [-0.2, -0.15) is 0 Å². The van der Waals surface area contributed by atoms with Gasteiger partial charge in [0.15, 0.2) is 0 Å². The molecule has 2 aromatic heterocycles. The molecule has 0 bridgehead atoms. The molecule has 1 aliphatic rings. The molecule has 0 atom stereocenters. The molecule has 39 heavy (non-hydrogen) atoms. The normalized spacial score (nSPS) is 13.4. The first-order chi connectivity index (χ1) is 19.2. The number of methoxy groups -OCH3 is 1. The van der Waals surface area contributed by atoms with Crippen molar-refractivity contribution in [2.24, 2.45) is 10.2 Å². The number of hydrogen-bond acceptors (Lipinski definition) is 10. The highest BCUT2D eigenvalue weighted by molar-refractivity contribution is 7.20. The van der Waals surface area contributed by atoms with Crippen molar-refractivity contribution in [1.82, 2.24) is 4.98 Å². The number of ether oxygens (including phenoxy) is 2. The Hall–Kier alpha value is -3.31. The standard InChI is InChI=1S/C29H34N6O2S2/c1-21-18-24(31-27-12-13-28(39-27)35-14-3-4-15-35)10-11-26(21)30-22-6-8-23(9-7-22)33-34-29-32-25(20-38-29)19-37-17-5-16-36-2/h6-13,18,20,30-31H,3-5,14-17,19H2,1-2H3. The summed E-state index contributed by atoms with van der Waals surface area (Å²) >= 11 is 3.27. The van der Waals surface area contributed by atoms with Gasteiger partial charge in [-0.25, -0.2) is 4.98 Å². The van der Waals surface area contributed by atoms with E-state index in [2.05, 4.69) is 68.0 Å². The van der Waals surface area contributed by atoms with E-state index in [1.165, 1.54) is 52.8 Å². The number of aryl methyl sites for hydroxylation is 1. The number of benzene rings is 2. The van der Waals surface area contributed by atoms with Crippen molar-refractivity contribution in [1.29, 1.82) is 0 Å². The molecule has 5 rings (SSSR count). The second kappa shape index (κ2) is 13.7. The number of azo groups is 1. The number of thiophene rings is 1. The average Bonchev–Trinajstić information content (AvgIpc) is 3.72. The van der Waals surface area contributed by atoms with E-state index in [4.69, 9.17) is 9.47 Å². The van der Waals surface area contributed by atoms with Crippen LogP contribution < -0.4 is 15.5 Å². The molecular weight excluding hydrogens is 528 g/mol. The summed E-state index contributed by atoms with van der Waals surface area (Å²) in [6.45, 7) is 6.28. The fourth-order valence-corrected chi connectivity index (χ4v) is 5.88. The lowest BCUT2D eigenvalue weighted by Gasteiger charge is -2.14. The summed E-state index contributed by atoms with van der Waals surface area (Å²) in [6, 6.07) is 18.7. The maximum atomic E-state index is 5.60. The Balaban J connectivity index is 1.12. The molecule has 0 spiro atoms. The molecule has 10 heteroatoms. The van der Waals surface area contributed by atoms with Gasteiger partial charge in [-0.1, -0.05) is 0 Å². The summed E-state index contributed by atoms with van der Waals surface area (Å²) in [6.07, 6.45) is 3.46. The van der Waals surface area contributed by atoms with Crippen molar-refractivity contribution in [3.8, 4) is 0 Å². The van der Waals surface area contributed by atoms with Crippen LogP contribution in [0.3, 0.4) is 0 Å². The molecule has 0 unspecified atom stereocenters. The first-order valence-electron chi connectivity index (χ1n) is 13.2. The van der Waals surface area contributed by atoms with E-state index in [0.29, 0.717) is 25.0 Å². The maximum absolute atomic E-state index is 5.60. The molecule has 1 saturated heterocycles. The van der Waals surface area contributed by atoms with Gasteiger partial charge in [-0.05, 0) is 86.3 Å². The van der Waals surface area contributed by atoms with E-state index in [1.54, 1.807) is 7.11 Å². The molecular formula is C29H34N6O2S2. The second-order valence-corrected chi connectivity index (χ2v) is 11.3. The molecule has 0 amide bonds. The molecule has 204 valence electrons. The van der Waals surface area contributed by atoms with Crippen LogP contribution in [0.2, 0.25) is 0 Å². The Bertz CT molecular complexity index is 1360. The molecule has 1 aliphatic heterocycles. The number of rotatable bonds is 13. The minimum Gasteiger partial charge on any atom is -0.385 e. The number of thiazole rings is 1. The van der Waals surface area contributed by atoms with Crippen molar-refractivity contribution in [3.05, 3.63) is 71.2 Å².